The number of carbonyl (C=O) groups excluding carboxylic acids is 28. The molecule has 42 heteroatoms. The predicted octanol–water partition coefficient (Wildman–Crippen LogP) is 2.46. The average Bonchev–Trinajstić information content (AvgIpc) is 1.68. The molecular formula is C81H78O42. The molecule has 0 aromatic heterocycles. The summed E-state index contributed by atoms with van der Waals surface area (Å²) in [6, 6.07) is 13.6. The van der Waals surface area contributed by atoms with Crippen LogP contribution in [0.4, 0.5) is 0 Å². The Morgan fingerprint density at radius 3 is 0.650 bits per heavy atom. The maximum Gasteiger partial charge on any atom is 0.321 e. The lowest BCUT2D eigenvalue weighted by molar-refractivity contribution is -0.168. The fourth-order valence-electron chi connectivity index (χ4n) is 15.9. The normalized spacial score (nSPS) is 28.6. The van der Waals surface area contributed by atoms with Crippen molar-refractivity contribution in [1.82, 2.24) is 0 Å². The van der Waals surface area contributed by atoms with Gasteiger partial charge in [0.25, 0.3) is 0 Å². The molecule has 0 spiro atoms. The van der Waals surface area contributed by atoms with Gasteiger partial charge in [0, 0.05) is 18.8 Å². The highest BCUT2D eigenvalue weighted by Crippen LogP contribution is 2.44. The summed E-state index contributed by atoms with van der Waals surface area (Å²) in [5.74, 6) is -23.0. The van der Waals surface area contributed by atoms with Crippen LogP contribution in [0, 0.1) is 71.0 Å². The molecule has 11 atom stereocenters. The molecule has 0 N–H and O–H groups in total. The zero-order chi connectivity index (χ0) is 87.5. The van der Waals surface area contributed by atoms with Crippen LogP contribution in [-0.2, 0) is 201 Å². The molecule has 1 saturated carbocycles. The summed E-state index contributed by atoms with van der Waals surface area (Å²) >= 11 is 0. The van der Waals surface area contributed by atoms with Crippen LogP contribution in [0.25, 0.3) is 0 Å². The second-order valence-corrected chi connectivity index (χ2v) is 30.3. The molecule has 15 aliphatic rings. The third-order valence-corrected chi connectivity index (χ3v) is 22.0. The van der Waals surface area contributed by atoms with Crippen LogP contribution < -0.4 is 0 Å². The molecule has 0 amide bonds. The van der Waals surface area contributed by atoms with Crippen molar-refractivity contribution in [1.29, 1.82) is 0 Å². The first-order valence-corrected chi connectivity index (χ1v) is 38.0. The molecular weight excluding hydrogens is 1640 g/mol. The molecule has 14 heterocycles. The molecule has 654 valence electrons. The van der Waals surface area contributed by atoms with Gasteiger partial charge in [-0.3, -0.25) is 134 Å². The van der Waals surface area contributed by atoms with Crippen molar-refractivity contribution in [2.24, 2.45) is 71.0 Å². The molecule has 2 aromatic rings. The Morgan fingerprint density at radius 1 is 0.187 bits per heavy atom. The average molecular weight is 1720 g/mol. The van der Waals surface area contributed by atoms with Crippen LogP contribution in [0.3, 0.4) is 0 Å². The van der Waals surface area contributed by atoms with E-state index in [9.17, 15) is 134 Å². The summed E-state index contributed by atoms with van der Waals surface area (Å²) in [7, 11) is 0. The number of rotatable bonds is 12. The molecule has 2 aromatic carbocycles. The Bertz CT molecular complexity index is 4580. The summed E-state index contributed by atoms with van der Waals surface area (Å²) in [5.41, 5.74) is 2.84. The van der Waals surface area contributed by atoms with Crippen LogP contribution in [0.1, 0.15) is 208 Å². The van der Waals surface area contributed by atoms with Crippen LogP contribution >= 0.6 is 0 Å². The highest BCUT2D eigenvalue weighted by molar-refractivity contribution is 6.04. The molecule has 1 aliphatic carbocycles. The van der Waals surface area contributed by atoms with Crippen molar-refractivity contribution in [3.63, 3.8) is 0 Å². The van der Waals surface area contributed by atoms with Gasteiger partial charge in [-0.2, -0.15) is 0 Å². The summed E-state index contributed by atoms with van der Waals surface area (Å²) in [5, 5.41) is 0. The number of cyclic esters (lactones) is 28. The van der Waals surface area contributed by atoms with E-state index in [4.69, 9.17) is 0 Å². The van der Waals surface area contributed by atoms with Gasteiger partial charge in [-0.1, -0.05) is 63.4 Å². The van der Waals surface area contributed by atoms with Crippen molar-refractivity contribution in [3.05, 3.63) is 70.8 Å². The fraction of sp³-hybridized carbons (Fsp3) is 0.506. The van der Waals surface area contributed by atoms with Gasteiger partial charge in [0.05, 0.1) is 161 Å². The largest absolute Gasteiger partial charge is 0.393 e. The molecule has 42 nitrogen and oxygen atoms in total. The van der Waals surface area contributed by atoms with Gasteiger partial charge in [0.15, 0.2) is 0 Å². The number of benzene rings is 2. The number of carbonyl (C=O) groups is 28. The lowest BCUT2D eigenvalue weighted by Gasteiger charge is -2.31. The molecule has 14 aliphatic heterocycles. The number of esters is 28. The van der Waals surface area contributed by atoms with Crippen LogP contribution in [-0.4, -0.2) is 167 Å². The van der Waals surface area contributed by atoms with E-state index in [0.717, 1.165) is 31.2 Å². The Balaban J connectivity index is 0.000000163. The first-order chi connectivity index (χ1) is 57.3. The number of ether oxygens (including phenoxy) is 14. The van der Waals surface area contributed by atoms with E-state index >= 15 is 0 Å². The van der Waals surface area contributed by atoms with Gasteiger partial charge in [0.2, 0.25) is 0 Å². The molecule has 17 rings (SSSR count). The Hall–Kier alpha value is -13.6. The Labute approximate surface area is 693 Å². The smallest absolute Gasteiger partial charge is 0.321 e. The van der Waals surface area contributed by atoms with Gasteiger partial charge in [0.1, 0.15) is 0 Å². The monoisotopic (exact) mass is 1720 g/mol. The number of hydrogen-bond acceptors (Lipinski definition) is 42. The maximum absolute atomic E-state index is 11.6. The maximum atomic E-state index is 11.6. The zero-order valence-corrected chi connectivity index (χ0v) is 63.3. The first-order valence-electron chi connectivity index (χ1n) is 38.0. The van der Waals surface area contributed by atoms with Crippen molar-refractivity contribution < 1.29 is 201 Å². The van der Waals surface area contributed by atoms with Gasteiger partial charge < -0.3 is 66.3 Å². The molecule has 123 heavy (non-hydrogen) atoms. The predicted molar refractivity (Wildman–Crippen MR) is 381 cm³/mol. The quantitative estimate of drug-likeness (QED) is 0.167. The first kappa shape index (κ1) is 93.3. The highest BCUT2D eigenvalue weighted by atomic mass is 16.6. The second-order valence-electron chi connectivity index (χ2n) is 30.3. The van der Waals surface area contributed by atoms with E-state index in [-0.39, 0.29) is 166 Å². The SMILES string of the molecule is C.C.O=C1CC(C2CC(=O)OC2=O)C(=O)O1.O=C1CC(C2CC(=O)OC2=O)CC(=O)O1.O=C1CC(C2CCC(C3CC(=O)OC3=O)CC2)C(=O)O1.O=C1CC(CC2CC(=O)OC2=O)C(=O)O1.O=C1CC(CC2CC(=O)OC2=O)CC(=O)O1.O=C1CC(c2ccc(C3CC(=O)OC3=O)cc2)C(=O)O1.O=C1CC(c2ccc(C3CC(=O)OC3=O)cc2)CC(=O)O1. The summed E-state index contributed by atoms with van der Waals surface area (Å²) in [6.45, 7) is 0. The lowest BCUT2D eigenvalue weighted by atomic mass is 9.71. The van der Waals surface area contributed by atoms with E-state index < -0.39 is 226 Å². The van der Waals surface area contributed by atoms with Gasteiger partial charge in [-0.25, -0.2) is 0 Å². The van der Waals surface area contributed by atoms with Crippen molar-refractivity contribution >= 4 is 167 Å². The topological polar surface area (TPSA) is 607 Å². The van der Waals surface area contributed by atoms with E-state index in [2.05, 4.69) is 66.3 Å². The Morgan fingerprint density at radius 2 is 0.398 bits per heavy atom. The summed E-state index contributed by atoms with van der Waals surface area (Å²) in [6.07, 6.45) is 4.27. The minimum atomic E-state index is -0.846. The van der Waals surface area contributed by atoms with E-state index in [1.54, 1.807) is 48.5 Å². The second kappa shape index (κ2) is 40.6. The lowest BCUT2D eigenvalue weighted by Crippen LogP contribution is -2.31. The molecule has 0 radical (unpaired) electrons. The van der Waals surface area contributed by atoms with Gasteiger partial charge >= 0.3 is 167 Å². The minimum Gasteiger partial charge on any atom is -0.393 e. The summed E-state index contributed by atoms with van der Waals surface area (Å²) < 4.78 is 61.8. The zero-order valence-electron chi connectivity index (χ0n) is 63.3. The van der Waals surface area contributed by atoms with Crippen molar-refractivity contribution in [3.8, 4) is 0 Å². The standard InChI is InChI=1S/C15H12O6.C14H16O6.C14H10O6.C10H10O6.2C9H8O6.C8H6O6.2CH4/c16-12-5-10(6-13(17)20-12)8-1-3-9(4-2-8)11-7-14(18)21-15(11)19;2*15-11-5-9(13(17)19-11)7-1-2-8(4-3-7)10-6-12(16)20-14(10)18;11-7-2-5(3-8(12)15-7)1-6-4-9(13)16-10(6)14;10-6-1-4(2-7(11)14-6)5-3-8(12)15-9(5)13;10-6-2-4(8(12)14-6)1-5-3-7(11)15-9(5)13;9-5-1-3(7(11)13-5)4-2-6(10)14-8(4)12;;/h1-4,10-11H,5-7H2;7-10H,1-6H2;1-4,9-10H,5-6H2;5-6H,1-4H2;2*4-5H,1-3H2;3-4H,1-2H2;2*1H4. The van der Waals surface area contributed by atoms with Crippen molar-refractivity contribution in [2.45, 2.75) is 186 Å². The van der Waals surface area contributed by atoms with Crippen molar-refractivity contribution in [2.75, 3.05) is 0 Å². The third kappa shape index (κ3) is 24.4. The molecule has 11 unspecified atom stereocenters. The molecule has 0 bridgehead atoms. The van der Waals surface area contributed by atoms with Crippen LogP contribution in [0.5, 0.6) is 0 Å². The highest BCUT2D eigenvalue weighted by Gasteiger charge is 2.51. The minimum absolute atomic E-state index is 0. The van der Waals surface area contributed by atoms with Crippen LogP contribution in [0.15, 0.2) is 48.5 Å². The van der Waals surface area contributed by atoms with Gasteiger partial charge in [-0.05, 0) is 84.5 Å². The Kier molecular flexibility index (Phi) is 30.8. The third-order valence-electron chi connectivity index (χ3n) is 22.0. The van der Waals surface area contributed by atoms with Crippen LogP contribution in [0.2, 0.25) is 0 Å². The van der Waals surface area contributed by atoms with E-state index in [1.807, 2.05) is 0 Å². The molecule has 14 saturated heterocycles. The van der Waals surface area contributed by atoms with Gasteiger partial charge in [-0.15, -0.1) is 0 Å². The van der Waals surface area contributed by atoms with E-state index in [0.29, 0.717) is 23.1 Å². The summed E-state index contributed by atoms with van der Waals surface area (Å²) in [4.78, 5) is 311. The fourth-order valence-corrected chi connectivity index (χ4v) is 15.9. The number of hydrogen-bond donors (Lipinski definition) is 0. The van der Waals surface area contributed by atoms with E-state index in [1.165, 1.54) is 0 Å². The molecule has 15 fully saturated rings.